The van der Waals surface area contributed by atoms with Crippen molar-refractivity contribution in [3.63, 3.8) is 0 Å². The Kier molecular flexibility index (Phi) is 4.78. The number of imidazole rings is 1. The molecular formula is C20H20BrN3O3. The second kappa shape index (κ2) is 7.23. The van der Waals surface area contributed by atoms with Gasteiger partial charge in [-0.05, 0) is 46.1 Å². The molecular weight excluding hydrogens is 410 g/mol. The third kappa shape index (κ3) is 3.51. The van der Waals surface area contributed by atoms with Crippen LogP contribution < -0.4 is 14.8 Å². The molecule has 0 fully saturated rings. The number of nitrogens with zero attached hydrogens (tertiary/aromatic N) is 1. The maximum Gasteiger partial charge on any atom is 0.253 e. The second-order valence-electron chi connectivity index (χ2n) is 6.81. The number of aromatic nitrogens is 2. The van der Waals surface area contributed by atoms with Crippen LogP contribution in [0.3, 0.4) is 0 Å². The fourth-order valence-corrected chi connectivity index (χ4v) is 3.63. The van der Waals surface area contributed by atoms with Crippen LogP contribution in [0.2, 0.25) is 0 Å². The molecule has 6 nitrogen and oxygen atoms in total. The summed E-state index contributed by atoms with van der Waals surface area (Å²) in [5.74, 6) is 1.93. The summed E-state index contributed by atoms with van der Waals surface area (Å²) in [6, 6.07) is 11.1. The largest absolute Gasteiger partial charge is 0.486 e. The quantitative estimate of drug-likeness (QED) is 0.650. The molecule has 4 rings (SSSR count). The van der Waals surface area contributed by atoms with E-state index in [2.05, 4.69) is 45.1 Å². The van der Waals surface area contributed by atoms with Crippen molar-refractivity contribution in [3.8, 4) is 11.5 Å². The maximum atomic E-state index is 13.0. The van der Waals surface area contributed by atoms with Gasteiger partial charge in [0, 0.05) is 4.47 Å². The minimum absolute atomic E-state index is 0.158. The molecule has 0 aliphatic carbocycles. The summed E-state index contributed by atoms with van der Waals surface area (Å²) in [7, 11) is 0. The average molecular weight is 430 g/mol. The van der Waals surface area contributed by atoms with Crippen LogP contribution in [0.15, 0.2) is 40.9 Å². The topological polar surface area (TPSA) is 76.2 Å². The summed E-state index contributed by atoms with van der Waals surface area (Å²) in [6.45, 7) is 5.09. The number of ether oxygens (including phenoxy) is 2. The summed E-state index contributed by atoms with van der Waals surface area (Å²) in [6.07, 6.45) is 0. The first-order chi connectivity index (χ1) is 13.0. The third-order valence-corrected chi connectivity index (χ3v) is 5.19. The molecule has 3 aromatic rings. The molecule has 2 aromatic carbocycles. The van der Waals surface area contributed by atoms with E-state index in [4.69, 9.17) is 9.47 Å². The first-order valence-electron chi connectivity index (χ1n) is 8.87. The van der Waals surface area contributed by atoms with Crippen molar-refractivity contribution in [2.45, 2.75) is 19.9 Å². The minimum atomic E-state index is -0.245. The molecule has 1 aliphatic rings. The lowest BCUT2D eigenvalue weighted by molar-refractivity contribution is 0.0921. The monoisotopic (exact) mass is 429 g/mol. The molecule has 0 spiro atoms. The Morgan fingerprint density at radius 3 is 2.59 bits per heavy atom. The van der Waals surface area contributed by atoms with Crippen LogP contribution in [0, 0.1) is 5.92 Å². The number of amides is 1. The minimum Gasteiger partial charge on any atom is -0.486 e. The second-order valence-corrected chi connectivity index (χ2v) is 7.66. The number of hydrogen-bond acceptors (Lipinski definition) is 4. The highest BCUT2D eigenvalue weighted by molar-refractivity contribution is 9.10. The maximum absolute atomic E-state index is 13.0. The Morgan fingerprint density at radius 1 is 1.19 bits per heavy atom. The highest BCUT2D eigenvalue weighted by Crippen LogP contribution is 2.36. The van der Waals surface area contributed by atoms with Crippen molar-refractivity contribution in [3.05, 3.63) is 52.3 Å². The highest BCUT2D eigenvalue weighted by Gasteiger charge is 2.25. The molecule has 1 aliphatic heterocycles. The van der Waals surface area contributed by atoms with Crippen molar-refractivity contribution >= 4 is 32.9 Å². The number of aromatic amines is 1. The Hall–Kier alpha value is -2.54. The fraction of sp³-hybridized carbons (Fsp3) is 0.300. The molecule has 1 amide bonds. The summed E-state index contributed by atoms with van der Waals surface area (Å²) in [4.78, 5) is 20.9. The smallest absolute Gasteiger partial charge is 0.253 e. The first-order valence-corrected chi connectivity index (χ1v) is 9.67. The molecule has 2 N–H and O–H groups in total. The van der Waals surface area contributed by atoms with Crippen molar-refractivity contribution in [1.29, 1.82) is 0 Å². The lowest BCUT2D eigenvalue weighted by Crippen LogP contribution is -2.32. The van der Waals surface area contributed by atoms with Crippen LogP contribution in [-0.4, -0.2) is 29.1 Å². The normalized spacial score (nSPS) is 14.4. The average Bonchev–Trinajstić information content (AvgIpc) is 3.08. The number of carbonyl (C=O) groups excluding carboxylic acids is 1. The first kappa shape index (κ1) is 17.9. The number of halogens is 1. The predicted octanol–water partition coefficient (Wildman–Crippen LogP) is 4.22. The number of nitrogens with one attached hydrogen (secondary N) is 2. The molecule has 140 valence electrons. The van der Waals surface area contributed by atoms with Gasteiger partial charge < -0.3 is 19.8 Å². The van der Waals surface area contributed by atoms with Crippen LogP contribution >= 0.6 is 15.9 Å². The van der Waals surface area contributed by atoms with Gasteiger partial charge >= 0.3 is 0 Å². The number of rotatable bonds is 4. The Labute approximate surface area is 165 Å². The van der Waals surface area contributed by atoms with Gasteiger partial charge in [-0.2, -0.15) is 0 Å². The molecule has 0 saturated heterocycles. The van der Waals surface area contributed by atoms with E-state index in [0.29, 0.717) is 34.7 Å². The fourth-order valence-electron chi connectivity index (χ4n) is 3.13. The van der Waals surface area contributed by atoms with Crippen LogP contribution in [-0.2, 0) is 0 Å². The van der Waals surface area contributed by atoms with Gasteiger partial charge in [0.2, 0.25) is 0 Å². The summed E-state index contributed by atoms with van der Waals surface area (Å²) >= 11 is 3.47. The zero-order chi connectivity index (χ0) is 19.0. The number of benzene rings is 2. The summed E-state index contributed by atoms with van der Waals surface area (Å²) in [5, 5.41) is 3.10. The Morgan fingerprint density at radius 2 is 1.89 bits per heavy atom. The summed E-state index contributed by atoms with van der Waals surface area (Å²) < 4.78 is 11.8. The highest BCUT2D eigenvalue weighted by atomic mass is 79.9. The van der Waals surface area contributed by atoms with E-state index in [1.54, 1.807) is 12.1 Å². The van der Waals surface area contributed by atoms with Crippen molar-refractivity contribution in [2.75, 3.05) is 13.2 Å². The van der Waals surface area contributed by atoms with Crippen LogP contribution in [0.25, 0.3) is 11.0 Å². The Bertz CT molecular complexity index is 966. The molecule has 0 saturated carbocycles. The van der Waals surface area contributed by atoms with Crippen molar-refractivity contribution in [2.24, 2.45) is 5.92 Å². The van der Waals surface area contributed by atoms with Gasteiger partial charge in [0.1, 0.15) is 19.0 Å². The number of para-hydroxylation sites is 2. The van der Waals surface area contributed by atoms with E-state index in [1.807, 2.05) is 24.3 Å². The molecule has 7 heteroatoms. The van der Waals surface area contributed by atoms with Gasteiger partial charge in [-0.3, -0.25) is 4.79 Å². The molecule has 1 unspecified atom stereocenters. The van der Waals surface area contributed by atoms with E-state index >= 15 is 0 Å². The van der Waals surface area contributed by atoms with E-state index in [-0.39, 0.29) is 17.9 Å². The predicted molar refractivity (Wildman–Crippen MR) is 106 cm³/mol. The number of hydrogen-bond donors (Lipinski definition) is 2. The van der Waals surface area contributed by atoms with Crippen molar-refractivity contribution < 1.29 is 14.3 Å². The van der Waals surface area contributed by atoms with Gasteiger partial charge in [0.25, 0.3) is 5.91 Å². The molecule has 27 heavy (non-hydrogen) atoms. The lowest BCUT2D eigenvalue weighted by atomic mass is 10.0. The van der Waals surface area contributed by atoms with Gasteiger partial charge in [-0.25, -0.2) is 4.98 Å². The number of carbonyl (C=O) groups is 1. The van der Waals surface area contributed by atoms with Crippen LogP contribution in [0.1, 0.15) is 36.1 Å². The molecule has 2 heterocycles. The Balaban J connectivity index is 1.63. The van der Waals surface area contributed by atoms with E-state index < -0.39 is 0 Å². The van der Waals surface area contributed by atoms with Crippen LogP contribution in [0.4, 0.5) is 0 Å². The van der Waals surface area contributed by atoms with Gasteiger partial charge in [-0.1, -0.05) is 26.0 Å². The number of fused-ring (bicyclic) bond motifs is 2. The van der Waals surface area contributed by atoms with Gasteiger partial charge in [0.05, 0.1) is 22.6 Å². The number of H-pyrrole nitrogens is 1. The molecule has 1 atom stereocenters. The third-order valence-electron chi connectivity index (χ3n) is 4.53. The van der Waals surface area contributed by atoms with E-state index in [0.717, 1.165) is 16.9 Å². The zero-order valence-corrected chi connectivity index (χ0v) is 16.7. The zero-order valence-electron chi connectivity index (χ0n) is 15.1. The summed E-state index contributed by atoms with van der Waals surface area (Å²) in [5.41, 5.74) is 2.34. The van der Waals surface area contributed by atoms with Crippen LogP contribution in [0.5, 0.6) is 11.5 Å². The van der Waals surface area contributed by atoms with Gasteiger partial charge in [-0.15, -0.1) is 0 Å². The van der Waals surface area contributed by atoms with Gasteiger partial charge in [0.15, 0.2) is 11.5 Å². The molecule has 1 aromatic heterocycles. The molecule has 0 bridgehead atoms. The SMILES string of the molecule is CC(C)C(NC(=O)c1cc2c(cc1Br)OCCO2)c1nc2ccccc2[nH]1. The lowest BCUT2D eigenvalue weighted by Gasteiger charge is -2.22. The molecule has 0 radical (unpaired) electrons. The van der Waals surface area contributed by atoms with E-state index in [9.17, 15) is 4.79 Å². The van der Waals surface area contributed by atoms with Crippen molar-refractivity contribution in [1.82, 2.24) is 15.3 Å². The standard InChI is InChI=1S/C20H20BrN3O3/c1-11(2)18(19-22-14-5-3-4-6-15(14)23-19)24-20(25)12-9-16-17(10-13(12)21)27-8-7-26-16/h3-6,9-11,18H,7-8H2,1-2H3,(H,22,23)(H,24,25). The van der Waals surface area contributed by atoms with E-state index in [1.165, 1.54) is 0 Å².